The number of hydrogen-bond donors (Lipinski definition) is 0. The summed E-state index contributed by atoms with van der Waals surface area (Å²) in [5.41, 5.74) is 2.12. The van der Waals surface area contributed by atoms with Crippen LogP contribution in [-0.4, -0.2) is 0 Å². The molecule has 0 N–H and O–H groups in total. The van der Waals surface area contributed by atoms with Crippen molar-refractivity contribution in [2.24, 2.45) is 5.41 Å². The van der Waals surface area contributed by atoms with Gasteiger partial charge in [0.2, 0.25) is 0 Å². The van der Waals surface area contributed by atoms with Gasteiger partial charge < -0.3 is 0 Å². The van der Waals surface area contributed by atoms with Gasteiger partial charge in [-0.1, -0.05) is 44.2 Å². The summed E-state index contributed by atoms with van der Waals surface area (Å²) in [5, 5.41) is 0. The Morgan fingerprint density at radius 3 is 2.17 bits per heavy atom. The summed E-state index contributed by atoms with van der Waals surface area (Å²) in [4.78, 5) is 0. The van der Waals surface area contributed by atoms with Crippen LogP contribution >= 0.6 is 0 Å². The summed E-state index contributed by atoms with van der Waals surface area (Å²) < 4.78 is 0. The first-order valence-corrected chi connectivity index (χ1v) is 4.72. The Hall–Kier alpha value is -0.780. The van der Waals surface area contributed by atoms with Crippen molar-refractivity contribution in [1.29, 1.82) is 0 Å². The van der Waals surface area contributed by atoms with Gasteiger partial charge in [-0.25, -0.2) is 0 Å². The lowest BCUT2D eigenvalue weighted by Gasteiger charge is -2.43. The fourth-order valence-electron chi connectivity index (χ4n) is 2.24. The summed E-state index contributed by atoms with van der Waals surface area (Å²) in [6.45, 7) is 4.71. The zero-order valence-electron chi connectivity index (χ0n) is 7.88. The van der Waals surface area contributed by atoms with Crippen LogP contribution in [-0.2, 0) is 0 Å². The smallest absolute Gasteiger partial charge is 0.0152 e. The van der Waals surface area contributed by atoms with E-state index >= 15 is 0 Å². The van der Waals surface area contributed by atoms with Gasteiger partial charge in [-0.2, -0.15) is 0 Å². The average molecular weight is 160 g/mol. The van der Waals surface area contributed by atoms with E-state index in [1.807, 2.05) is 0 Å². The summed E-state index contributed by atoms with van der Waals surface area (Å²) in [6.07, 6.45) is 2.72. The van der Waals surface area contributed by atoms with Gasteiger partial charge in [0.1, 0.15) is 0 Å². The molecule has 0 heteroatoms. The molecule has 12 heavy (non-hydrogen) atoms. The highest BCUT2D eigenvalue weighted by Gasteiger charge is 2.36. The molecule has 0 amide bonds. The van der Waals surface area contributed by atoms with Gasteiger partial charge in [0.05, 0.1) is 0 Å². The number of rotatable bonds is 1. The molecule has 0 radical (unpaired) electrons. The van der Waals surface area contributed by atoms with Crippen molar-refractivity contribution in [2.45, 2.75) is 32.6 Å². The van der Waals surface area contributed by atoms with Crippen LogP contribution < -0.4 is 0 Å². The molecular weight excluding hydrogens is 144 g/mol. The predicted molar refractivity (Wildman–Crippen MR) is 52.2 cm³/mol. The molecule has 0 spiro atoms. The molecular formula is C12H16. The molecule has 2 rings (SSSR count). The van der Waals surface area contributed by atoms with Crippen LogP contribution in [0.1, 0.15) is 38.2 Å². The van der Waals surface area contributed by atoms with E-state index in [9.17, 15) is 0 Å². The van der Waals surface area contributed by atoms with Crippen molar-refractivity contribution in [3.63, 3.8) is 0 Å². The second kappa shape index (κ2) is 2.62. The second-order valence-corrected chi connectivity index (χ2v) is 4.68. The van der Waals surface area contributed by atoms with Crippen molar-refractivity contribution in [2.75, 3.05) is 0 Å². The van der Waals surface area contributed by atoms with Crippen molar-refractivity contribution in [3.05, 3.63) is 35.9 Å². The SMILES string of the molecule is CC1(C)CC(c2ccccc2)C1. The molecule has 0 nitrogen and oxygen atoms in total. The molecule has 0 heterocycles. The highest BCUT2D eigenvalue weighted by atomic mass is 14.4. The van der Waals surface area contributed by atoms with E-state index in [1.165, 1.54) is 18.4 Å². The van der Waals surface area contributed by atoms with Crippen molar-refractivity contribution in [1.82, 2.24) is 0 Å². The molecule has 1 aliphatic rings. The van der Waals surface area contributed by atoms with Gasteiger partial charge in [-0.3, -0.25) is 0 Å². The van der Waals surface area contributed by atoms with E-state index in [2.05, 4.69) is 44.2 Å². The normalized spacial score (nSPS) is 21.8. The highest BCUT2D eigenvalue weighted by molar-refractivity contribution is 5.22. The maximum atomic E-state index is 2.35. The summed E-state index contributed by atoms with van der Waals surface area (Å²) in [5.74, 6) is 0.834. The third-order valence-electron chi connectivity index (χ3n) is 2.87. The molecule has 64 valence electrons. The maximum absolute atomic E-state index is 2.35. The largest absolute Gasteiger partial charge is 0.0622 e. The monoisotopic (exact) mass is 160 g/mol. The lowest BCUT2D eigenvalue weighted by atomic mass is 9.62. The minimum Gasteiger partial charge on any atom is -0.0622 e. The van der Waals surface area contributed by atoms with E-state index in [1.54, 1.807) is 0 Å². The van der Waals surface area contributed by atoms with Gasteiger partial charge in [-0.05, 0) is 29.7 Å². The van der Waals surface area contributed by atoms with Gasteiger partial charge >= 0.3 is 0 Å². The van der Waals surface area contributed by atoms with Crippen molar-refractivity contribution < 1.29 is 0 Å². The van der Waals surface area contributed by atoms with E-state index in [-0.39, 0.29) is 0 Å². The van der Waals surface area contributed by atoms with Crippen LogP contribution in [0.15, 0.2) is 30.3 Å². The van der Waals surface area contributed by atoms with Crippen LogP contribution in [0.3, 0.4) is 0 Å². The van der Waals surface area contributed by atoms with Gasteiger partial charge in [0.15, 0.2) is 0 Å². The molecule has 1 aliphatic carbocycles. The zero-order chi connectivity index (χ0) is 8.60. The lowest BCUT2D eigenvalue weighted by molar-refractivity contribution is 0.151. The minimum atomic E-state index is 0.598. The summed E-state index contributed by atoms with van der Waals surface area (Å²) in [6, 6.07) is 10.9. The third kappa shape index (κ3) is 1.38. The van der Waals surface area contributed by atoms with Crippen molar-refractivity contribution >= 4 is 0 Å². The zero-order valence-corrected chi connectivity index (χ0v) is 7.88. The molecule has 0 saturated heterocycles. The number of benzene rings is 1. The van der Waals surface area contributed by atoms with Crippen LogP contribution in [0.4, 0.5) is 0 Å². The Morgan fingerprint density at radius 1 is 1.08 bits per heavy atom. The Bertz CT molecular complexity index is 251. The third-order valence-corrected chi connectivity index (χ3v) is 2.87. The molecule has 1 aromatic rings. The van der Waals surface area contributed by atoms with E-state index in [0.717, 1.165) is 5.92 Å². The van der Waals surface area contributed by atoms with Gasteiger partial charge in [-0.15, -0.1) is 0 Å². The first-order valence-electron chi connectivity index (χ1n) is 4.72. The van der Waals surface area contributed by atoms with Crippen LogP contribution in [0.2, 0.25) is 0 Å². The van der Waals surface area contributed by atoms with E-state index in [4.69, 9.17) is 0 Å². The molecule has 0 bridgehead atoms. The summed E-state index contributed by atoms with van der Waals surface area (Å²) in [7, 11) is 0. The van der Waals surface area contributed by atoms with Crippen molar-refractivity contribution in [3.8, 4) is 0 Å². The summed E-state index contributed by atoms with van der Waals surface area (Å²) >= 11 is 0. The topological polar surface area (TPSA) is 0 Å². The second-order valence-electron chi connectivity index (χ2n) is 4.68. The Labute approximate surface area is 74.6 Å². The molecule has 1 fully saturated rings. The quantitative estimate of drug-likeness (QED) is 0.589. The van der Waals surface area contributed by atoms with E-state index < -0.39 is 0 Å². The minimum absolute atomic E-state index is 0.598. The highest BCUT2D eigenvalue weighted by Crippen LogP contribution is 2.50. The van der Waals surface area contributed by atoms with E-state index in [0.29, 0.717) is 5.41 Å². The molecule has 0 aromatic heterocycles. The number of hydrogen-bond acceptors (Lipinski definition) is 0. The van der Waals surface area contributed by atoms with Crippen LogP contribution in [0, 0.1) is 5.41 Å². The average Bonchev–Trinajstić information content (AvgIpc) is 2.02. The molecule has 1 saturated carbocycles. The van der Waals surface area contributed by atoms with Crippen LogP contribution in [0.5, 0.6) is 0 Å². The Kier molecular flexibility index (Phi) is 1.71. The lowest BCUT2D eigenvalue weighted by Crippen LogP contribution is -2.29. The van der Waals surface area contributed by atoms with Gasteiger partial charge in [0.25, 0.3) is 0 Å². The maximum Gasteiger partial charge on any atom is -0.0152 e. The first-order chi connectivity index (χ1) is 5.67. The Morgan fingerprint density at radius 2 is 1.67 bits per heavy atom. The molecule has 0 aliphatic heterocycles. The van der Waals surface area contributed by atoms with Crippen LogP contribution in [0.25, 0.3) is 0 Å². The predicted octanol–water partition coefficient (Wildman–Crippen LogP) is 3.59. The molecule has 0 atom stereocenters. The fourth-order valence-corrected chi connectivity index (χ4v) is 2.24. The first kappa shape index (κ1) is 7.85. The standard InChI is InChI=1S/C12H16/c1-12(2)8-11(9-12)10-6-4-3-5-7-10/h3-7,11H,8-9H2,1-2H3. The van der Waals surface area contributed by atoms with Gasteiger partial charge in [0, 0.05) is 0 Å². The molecule has 1 aromatic carbocycles. The fraction of sp³-hybridized carbons (Fsp3) is 0.500. The molecule has 0 unspecified atom stereocenters. The Balaban J connectivity index is 2.06.